The van der Waals surface area contributed by atoms with Crippen molar-refractivity contribution in [3.05, 3.63) is 83.4 Å². The molecule has 3 aromatic rings. The van der Waals surface area contributed by atoms with Crippen molar-refractivity contribution in [3.8, 4) is 11.5 Å². The number of esters is 1. The number of phenols is 1. The zero-order chi connectivity index (χ0) is 25.7. The van der Waals surface area contributed by atoms with E-state index >= 15 is 0 Å². The van der Waals surface area contributed by atoms with E-state index in [2.05, 4.69) is 10.0 Å². The summed E-state index contributed by atoms with van der Waals surface area (Å²) in [6.45, 7) is -0.571. The van der Waals surface area contributed by atoms with E-state index in [1.807, 2.05) is 24.3 Å². The third-order valence-corrected chi connectivity index (χ3v) is 7.26. The predicted octanol–water partition coefficient (Wildman–Crippen LogP) is 3.55. The molecular formula is C26H26N2O7S. The Labute approximate surface area is 209 Å². The normalized spacial score (nSPS) is 14.9. The summed E-state index contributed by atoms with van der Waals surface area (Å²) in [5, 5.41) is 13.0. The molecule has 1 amide bonds. The fourth-order valence-corrected chi connectivity index (χ4v) is 5.15. The SMILES string of the molecule is COc1ccc(NS(=O)(=O)c2ccc(O)c(C(=O)OCC(=O)NC3CCCc4ccccc43)c2)cc1. The average molecular weight is 511 g/mol. The number of amides is 1. The number of hydrogen-bond acceptors (Lipinski definition) is 7. The molecule has 3 N–H and O–H groups in total. The minimum Gasteiger partial charge on any atom is -0.507 e. The number of hydrogen-bond donors (Lipinski definition) is 3. The number of anilines is 1. The Hall–Kier alpha value is -4.05. The van der Waals surface area contributed by atoms with E-state index < -0.39 is 34.3 Å². The van der Waals surface area contributed by atoms with Crippen LogP contribution in [0, 0.1) is 0 Å². The predicted molar refractivity (Wildman–Crippen MR) is 132 cm³/mol. The Morgan fingerprint density at radius 3 is 2.56 bits per heavy atom. The maximum Gasteiger partial charge on any atom is 0.342 e. The lowest BCUT2D eigenvalue weighted by atomic mass is 9.88. The number of nitrogens with one attached hydrogen (secondary N) is 2. The van der Waals surface area contributed by atoms with Gasteiger partial charge in [0.15, 0.2) is 6.61 Å². The van der Waals surface area contributed by atoms with Gasteiger partial charge in [-0.1, -0.05) is 24.3 Å². The van der Waals surface area contributed by atoms with Crippen LogP contribution in [0.3, 0.4) is 0 Å². The molecule has 0 bridgehead atoms. The summed E-state index contributed by atoms with van der Waals surface area (Å²) in [5.41, 5.74) is 2.14. The Morgan fingerprint density at radius 1 is 1.06 bits per heavy atom. The fraction of sp³-hybridized carbons (Fsp3) is 0.231. The smallest absolute Gasteiger partial charge is 0.342 e. The van der Waals surface area contributed by atoms with Crippen molar-refractivity contribution in [2.45, 2.75) is 30.2 Å². The van der Waals surface area contributed by atoms with E-state index in [1.54, 1.807) is 12.1 Å². The molecule has 9 nitrogen and oxygen atoms in total. The third kappa shape index (κ3) is 5.77. The Balaban J connectivity index is 1.40. The third-order valence-electron chi connectivity index (χ3n) is 5.88. The van der Waals surface area contributed by atoms with Crippen LogP contribution < -0.4 is 14.8 Å². The largest absolute Gasteiger partial charge is 0.507 e. The molecule has 3 aromatic carbocycles. The van der Waals surface area contributed by atoms with Crippen LogP contribution in [-0.2, 0) is 26.0 Å². The number of aryl methyl sites for hydroxylation is 1. The quantitative estimate of drug-likeness (QED) is 0.395. The minimum absolute atomic E-state index is 0.174. The topological polar surface area (TPSA) is 131 Å². The Kier molecular flexibility index (Phi) is 7.44. The molecule has 188 valence electrons. The molecule has 0 aliphatic heterocycles. The lowest BCUT2D eigenvalue weighted by molar-refractivity contribution is -0.125. The average Bonchev–Trinajstić information content (AvgIpc) is 2.88. The number of benzene rings is 3. The molecule has 0 radical (unpaired) electrons. The van der Waals surface area contributed by atoms with Crippen LogP contribution in [0.4, 0.5) is 5.69 Å². The highest BCUT2D eigenvalue weighted by Gasteiger charge is 2.24. The number of rotatable bonds is 8. The lowest BCUT2D eigenvalue weighted by Crippen LogP contribution is -2.34. The van der Waals surface area contributed by atoms with Gasteiger partial charge in [-0.2, -0.15) is 0 Å². The van der Waals surface area contributed by atoms with Gasteiger partial charge in [0, 0.05) is 5.69 Å². The molecule has 4 rings (SSSR count). The van der Waals surface area contributed by atoms with E-state index in [4.69, 9.17) is 9.47 Å². The monoisotopic (exact) mass is 510 g/mol. The molecule has 0 heterocycles. The highest BCUT2D eigenvalue weighted by molar-refractivity contribution is 7.92. The molecule has 1 atom stereocenters. The maximum absolute atomic E-state index is 12.8. The lowest BCUT2D eigenvalue weighted by Gasteiger charge is -2.26. The van der Waals surface area contributed by atoms with Gasteiger partial charge in [0.1, 0.15) is 17.1 Å². The van der Waals surface area contributed by atoms with Gasteiger partial charge in [-0.05, 0) is 72.9 Å². The first-order chi connectivity index (χ1) is 17.3. The number of fused-ring (bicyclic) bond motifs is 1. The number of carbonyl (C=O) groups is 2. The van der Waals surface area contributed by atoms with Crippen molar-refractivity contribution in [1.82, 2.24) is 5.32 Å². The molecule has 0 saturated heterocycles. The number of ether oxygens (including phenoxy) is 2. The Morgan fingerprint density at radius 2 is 1.81 bits per heavy atom. The standard InChI is InChI=1S/C26H26N2O7S/c1-34-19-11-9-18(10-12-19)28-36(32,33)20-13-14-24(29)22(15-20)26(31)35-16-25(30)27-23-8-4-6-17-5-2-3-7-21(17)23/h2-3,5,7,9-15,23,28-29H,4,6,8,16H2,1H3,(H,27,30). The van der Waals surface area contributed by atoms with Crippen molar-refractivity contribution in [2.75, 3.05) is 18.4 Å². The molecule has 0 spiro atoms. The number of aromatic hydroxyl groups is 1. The van der Waals surface area contributed by atoms with E-state index in [9.17, 15) is 23.1 Å². The van der Waals surface area contributed by atoms with Gasteiger partial charge in [-0.25, -0.2) is 13.2 Å². The highest BCUT2D eigenvalue weighted by atomic mass is 32.2. The van der Waals surface area contributed by atoms with Crippen LogP contribution in [-0.4, -0.2) is 39.1 Å². The van der Waals surface area contributed by atoms with Crippen LogP contribution in [0.15, 0.2) is 71.6 Å². The maximum atomic E-state index is 12.8. The second-order valence-electron chi connectivity index (χ2n) is 8.30. The Bertz CT molecular complexity index is 1370. The molecule has 36 heavy (non-hydrogen) atoms. The highest BCUT2D eigenvalue weighted by Crippen LogP contribution is 2.29. The number of carbonyl (C=O) groups excluding carboxylic acids is 2. The van der Waals surface area contributed by atoms with Crippen LogP contribution in [0.25, 0.3) is 0 Å². The van der Waals surface area contributed by atoms with Crippen molar-refractivity contribution in [2.24, 2.45) is 0 Å². The first-order valence-electron chi connectivity index (χ1n) is 11.3. The van der Waals surface area contributed by atoms with Gasteiger partial charge in [-0.15, -0.1) is 0 Å². The molecule has 0 fully saturated rings. The fourth-order valence-electron chi connectivity index (χ4n) is 4.07. The molecule has 1 aliphatic rings. The van der Waals surface area contributed by atoms with E-state index in [0.717, 1.165) is 43.0 Å². The molecule has 0 aromatic heterocycles. The zero-order valence-electron chi connectivity index (χ0n) is 19.6. The van der Waals surface area contributed by atoms with Crippen molar-refractivity contribution in [1.29, 1.82) is 0 Å². The van der Waals surface area contributed by atoms with Crippen LogP contribution >= 0.6 is 0 Å². The molecule has 10 heteroatoms. The summed E-state index contributed by atoms with van der Waals surface area (Å²) in [6.07, 6.45) is 2.66. The van der Waals surface area contributed by atoms with Gasteiger partial charge in [0.25, 0.3) is 15.9 Å². The number of methoxy groups -OCH3 is 1. The summed E-state index contributed by atoms with van der Waals surface area (Å²) >= 11 is 0. The van der Waals surface area contributed by atoms with Crippen LogP contribution in [0.5, 0.6) is 11.5 Å². The van der Waals surface area contributed by atoms with Crippen molar-refractivity contribution in [3.63, 3.8) is 0 Å². The summed E-state index contributed by atoms with van der Waals surface area (Å²) < 4.78 is 38.1. The summed E-state index contributed by atoms with van der Waals surface area (Å²) in [7, 11) is -2.58. The summed E-state index contributed by atoms with van der Waals surface area (Å²) in [4.78, 5) is 24.8. The van der Waals surface area contributed by atoms with E-state index in [0.29, 0.717) is 5.75 Å². The van der Waals surface area contributed by atoms with Crippen molar-refractivity contribution < 1.29 is 32.6 Å². The molecule has 1 aliphatic carbocycles. The van der Waals surface area contributed by atoms with Crippen LogP contribution in [0.2, 0.25) is 0 Å². The molecule has 0 saturated carbocycles. The van der Waals surface area contributed by atoms with E-state index in [-0.39, 0.29) is 22.2 Å². The first-order valence-corrected chi connectivity index (χ1v) is 12.8. The van der Waals surface area contributed by atoms with Gasteiger partial charge in [0.05, 0.1) is 18.0 Å². The number of phenolic OH excluding ortho intramolecular Hbond substituents is 1. The van der Waals surface area contributed by atoms with Crippen LogP contribution in [0.1, 0.15) is 40.4 Å². The van der Waals surface area contributed by atoms with Gasteiger partial charge >= 0.3 is 5.97 Å². The zero-order valence-corrected chi connectivity index (χ0v) is 20.4. The summed E-state index contributed by atoms with van der Waals surface area (Å²) in [6, 6.07) is 17.2. The second-order valence-corrected chi connectivity index (χ2v) is 9.98. The van der Waals surface area contributed by atoms with Gasteiger partial charge in [-0.3, -0.25) is 9.52 Å². The molecular weight excluding hydrogens is 484 g/mol. The van der Waals surface area contributed by atoms with Gasteiger partial charge < -0.3 is 19.9 Å². The van der Waals surface area contributed by atoms with E-state index in [1.165, 1.54) is 24.8 Å². The minimum atomic E-state index is -4.07. The second kappa shape index (κ2) is 10.7. The number of sulfonamides is 1. The summed E-state index contributed by atoms with van der Waals surface area (Å²) in [5.74, 6) is -1.42. The molecule has 1 unspecified atom stereocenters. The van der Waals surface area contributed by atoms with Crippen molar-refractivity contribution >= 4 is 27.6 Å². The van der Waals surface area contributed by atoms with Gasteiger partial charge in [0.2, 0.25) is 0 Å². The first kappa shape index (κ1) is 25.1.